The molecule has 34 heavy (non-hydrogen) atoms. The molecule has 4 aromatic rings. The predicted molar refractivity (Wildman–Crippen MR) is 140 cm³/mol. The SMILES string of the molecule is Cl.Oc1ccc(-c2ccc3cc(O)ccc3c2C2CCCCN2CCOc2ccccc2)cc1. The van der Waals surface area contributed by atoms with Crippen LogP contribution >= 0.6 is 12.4 Å². The van der Waals surface area contributed by atoms with E-state index >= 15 is 0 Å². The molecule has 4 nitrogen and oxygen atoms in total. The molecule has 4 aromatic carbocycles. The highest BCUT2D eigenvalue weighted by atomic mass is 35.5. The maximum atomic E-state index is 10.1. The van der Waals surface area contributed by atoms with Gasteiger partial charge >= 0.3 is 0 Å². The fraction of sp³-hybridized carbons (Fsp3) is 0.241. The molecule has 2 N–H and O–H groups in total. The minimum atomic E-state index is 0. The number of benzene rings is 4. The number of piperidine rings is 1. The van der Waals surface area contributed by atoms with Crippen LogP contribution in [-0.4, -0.2) is 34.8 Å². The van der Waals surface area contributed by atoms with Crippen LogP contribution in [0.25, 0.3) is 21.9 Å². The van der Waals surface area contributed by atoms with Crippen LogP contribution < -0.4 is 4.74 Å². The Morgan fingerprint density at radius 2 is 1.59 bits per heavy atom. The van der Waals surface area contributed by atoms with E-state index in [1.54, 1.807) is 18.2 Å². The lowest BCUT2D eigenvalue weighted by molar-refractivity contribution is 0.124. The Morgan fingerprint density at radius 3 is 2.38 bits per heavy atom. The van der Waals surface area contributed by atoms with Gasteiger partial charge in [0.25, 0.3) is 0 Å². The fourth-order valence-corrected chi connectivity index (χ4v) is 4.98. The topological polar surface area (TPSA) is 52.9 Å². The number of rotatable bonds is 6. The normalized spacial score (nSPS) is 16.2. The van der Waals surface area contributed by atoms with Crippen molar-refractivity contribution in [1.29, 1.82) is 0 Å². The van der Waals surface area contributed by atoms with Gasteiger partial charge in [-0.3, -0.25) is 4.90 Å². The van der Waals surface area contributed by atoms with Crippen LogP contribution in [0, 0.1) is 0 Å². The summed E-state index contributed by atoms with van der Waals surface area (Å²) in [4.78, 5) is 2.54. The number of phenolic OH excluding ortho intramolecular Hbond substituents is 2. The summed E-state index contributed by atoms with van der Waals surface area (Å²) in [7, 11) is 0. The van der Waals surface area contributed by atoms with Crippen LogP contribution in [0.15, 0.2) is 84.9 Å². The number of hydrogen-bond acceptors (Lipinski definition) is 4. The lowest BCUT2D eigenvalue weighted by Crippen LogP contribution is -2.36. The van der Waals surface area contributed by atoms with Gasteiger partial charge in [-0.1, -0.05) is 55.0 Å². The summed E-state index contributed by atoms with van der Waals surface area (Å²) < 4.78 is 6.02. The summed E-state index contributed by atoms with van der Waals surface area (Å²) in [6, 6.07) is 27.6. The van der Waals surface area contributed by atoms with Gasteiger partial charge < -0.3 is 14.9 Å². The molecular formula is C29H30ClNO3. The first-order valence-electron chi connectivity index (χ1n) is 11.7. The van der Waals surface area contributed by atoms with Crippen molar-refractivity contribution in [2.24, 2.45) is 0 Å². The Morgan fingerprint density at radius 1 is 0.824 bits per heavy atom. The minimum absolute atomic E-state index is 0. The second kappa shape index (κ2) is 10.8. The molecule has 5 heteroatoms. The maximum Gasteiger partial charge on any atom is 0.119 e. The zero-order chi connectivity index (χ0) is 22.6. The first-order chi connectivity index (χ1) is 16.2. The number of likely N-dealkylation sites (tertiary alicyclic amines) is 1. The van der Waals surface area contributed by atoms with Gasteiger partial charge in [0.2, 0.25) is 0 Å². The van der Waals surface area contributed by atoms with E-state index in [-0.39, 0.29) is 29.9 Å². The van der Waals surface area contributed by atoms with Crippen LogP contribution in [0.3, 0.4) is 0 Å². The molecule has 5 rings (SSSR count). The Hall–Kier alpha value is -3.21. The molecule has 0 radical (unpaired) electrons. The number of phenols is 2. The molecule has 0 spiro atoms. The van der Waals surface area contributed by atoms with E-state index in [1.165, 1.54) is 29.4 Å². The van der Waals surface area contributed by atoms with Gasteiger partial charge in [-0.25, -0.2) is 0 Å². The third kappa shape index (κ3) is 5.14. The van der Waals surface area contributed by atoms with E-state index in [9.17, 15) is 10.2 Å². The highest BCUT2D eigenvalue weighted by Crippen LogP contribution is 2.42. The van der Waals surface area contributed by atoms with Crippen LogP contribution in [0.1, 0.15) is 30.9 Å². The van der Waals surface area contributed by atoms with Gasteiger partial charge in [0.05, 0.1) is 0 Å². The minimum Gasteiger partial charge on any atom is -0.508 e. The molecule has 1 unspecified atom stereocenters. The number of aromatic hydroxyl groups is 2. The van der Waals surface area contributed by atoms with Crippen LogP contribution in [0.4, 0.5) is 0 Å². The average molecular weight is 476 g/mol. The van der Waals surface area contributed by atoms with Crippen molar-refractivity contribution in [2.75, 3.05) is 19.7 Å². The van der Waals surface area contributed by atoms with E-state index in [0.717, 1.165) is 36.2 Å². The van der Waals surface area contributed by atoms with Gasteiger partial charge in [0, 0.05) is 12.6 Å². The Bertz CT molecular complexity index is 1230. The molecule has 1 saturated heterocycles. The molecule has 1 aliphatic heterocycles. The van der Waals surface area contributed by atoms with E-state index in [2.05, 4.69) is 17.0 Å². The summed E-state index contributed by atoms with van der Waals surface area (Å²) in [5.41, 5.74) is 3.55. The quantitative estimate of drug-likeness (QED) is 0.317. The van der Waals surface area contributed by atoms with Crippen molar-refractivity contribution in [1.82, 2.24) is 4.90 Å². The van der Waals surface area contributed by atoms with Gasteiger partial charge in [0.15, 0.2) is 0 Å². The number of para-hydroxylation sites is 1. The Balaban J connectivity index is 0.00000274. The Labute approximate surface area is 206 Å². The summed E-state index contributed by atoms with van der Waals surface area (Å²) in [6.07, 6.45) is 3.45. The third-order valence-electron chi connectivity index (χ3n) is 6.56. The molecule has 0 saturated carbocycles. The van der Waals surface area contributed by atoms with Crippen LogP contribution in [0.2, 0.25) is 0 Å². The lowest BCUT2D eigenvalue weighted by Gasteiger charge is -2.37. The van der Waals surface area contributed by atoms with Crippen LogP contribution in [0.5, 0.6) is 17.2 Å². The Kier molecular flexibility index (Phi) is 7.61. The number of nitrogens with zero attached hydrogens (tertiary/aromatic N) is 1. The first kappa shape index (κ1) is 23.9. The van der Waals surface area contributed by atoms with Crippen molar-refractivity contribution >= 4 is 23.2 Å². The highest BCUT2D eigenvalue weighted by molar-refractivity contribution is 5.93. The molecule has 0 aliphatic carbocycles. The molecule has 0 aromatic heterocycles. The van der Waals surface area contributed by atoms with Crippen molar-refractivity contribution in [3.63, 3.8) is 0 Å². The molecule has 1 heterocycles. The zero-order valence-corrected chi connectivity index (χ0v) is 19.9. The van der Waals surface area contributed by atoms with Gasteiger partial charge in [-0.2, -0.15) is 0 Å². The van der Waals surface area contributed by atoms with Crippen molar-refractivity contribution in [2.45, 2.75) is 25.3 Å². The summed E-state index contributed by atoms with van der Waals surface area (Å²) in [5, 5.41) is 22.1. The summed E-state index contributed by atoms with van der Waals surface area (Å²) in [6.45, 7) is 2.52. The van der Waals surface area contributed by atoms with E-state index in [4.69, 9.17) is 4.74 Å². The molecular weight excluding hydrogens is 446 g/mol. The summed E-state index contributed by atoms with van der Waals surface area (Å²) >= 11 is 0. The predicted octanol–water partition coefficient (Wildman–Crippen LogP) is 6.95. The summed E-state index contributed by atoms with van der Waals surface area (Å²) in [5.74, 6) is 1.45. The monoisotopic (exact) mass is 475 g/mol. The molecule has 0 amide bonds. The third-order valence-corrected chi connectivity index (χ3v) is 6.56. The maximum absolute atomic E-state index is 10.1. The van der Waals surface area contributed by atoms with Gasteiger partial charge in [-0.05, 0) is 83.2 Å². The van der Waals surface area contributed by atoms with Crippen molar-refractivity contribution in [3.05, 3.63) is 90.5 Å². The zero-order valence-electron chi connectivity index (χ0n) is 19.1. The van der Waals surface area contributed by atoms with E-state index in [0.29, 0.717) is 6.61 Å². The first-order valence-corrected chi connectivity index (χ1v) is 11.7. The average Bonchev–Trinajstić information content (AvgIpc) is 2.85. The second-order valence-electron chi connectivity index (χ2n) is 8.69. The van der Waals surface area contributed by atoms with Crippen molar-refractivity contribution in [3.8, 4) is 28.4 Å². The smallest absolute Gasteiger partial charge is 0.119 e. The largest absolute Gasteiger partial charge is 0.508 e. The standard InChI is InChI=1S/C29H29NO3.ClH/c31-23-12-9-21(10-13-23)26-15-11-22-20-24(32)14-16-27(22)29(26)28-8-4-5-17-30(28)18-19-33-25-6-2-1-3-7-25;/h1-3,6-7,9-16,20,28,31-32H,4-5,8,17-19H2;1H. The van der Waals surface area contributed by atoms with Gasteiger partial charge in [0.1, 0.15) is 23.9 Å². The number of hydrogen-bond donors (Lipinski definition) is 2. The molecule has 1 aliphatic rings. The molecule has 176 valence electrons. The number of halogens is 1. The highest BCUT2D eigenvalue weighted by Gasteiger charge is 2.28. The lowest BCUT2D eigenvalue weighted by atomic mass is 9.85. The van der Waals surface area contributed by atoms with Crippen molar-refractivity contribution < 1.29 is 14.9 Å². The molecule has 1 fully saturated rings. The van der Waals surface area contributed by atoms with Gasteiger partial charge in [-0.15, -0.1) is 12.4 Å². The van der Waals surface area contributed by atoms with Crippen LogP contribution in [-0.2, 0) is 0 Å². The molecule has 1 atom stereocenters. The number of ether oxygens (including phenoxy) is 1. The fourth-order valence-electron chi connectivity index (χ4n) is 4.98. The molecule has 0 bridgehead atoms. The van der Waals surface area contributed by atoms with E-state index < -0.39 is 0 Å². The van der Waals surface area contributed by atoms with E-state index in [1.807, 2.05) is 54.6 Å². The second-order valence-corrected chi connectivity index (χ2v) is 8.69. The number of fused-ring (bicyclic) bond motifs is 1.